The van der Waals surface area contributed by atoms with Crippen LogP contribution in [-0.4, -0.2) is 31.7 Å². The lowest BCUT2D eigenvalue weighted by Gasteiger charge is -2.37. The summed E-state index contributed by atoms with van der Waals surface area (Å²) in [6.45, 7) is 6.92. The molecule has 0 radical (unpaired) electrons. The minimum atomic E-state index is -3.57. The molecule has 0 bridgehead atoms. The van der Waals surface area contributed by atoms with Gasteiger partial charge in [0.1, 0.15) is 5.82 Å². The van der Waals surface area contributed by atoms with Gasteiger partial charge in [0.2, 0.25) is 15.9 Å². The van der Waals surface area contributed by atoms with Crippen molar-refractivity contribution in [3.63, 3.8) is 0 Å². The zero-order valence-corrected chi connectivity index (χ0v) is 18.5. The quantitative estimate of drug-likeness (QED) is 0.749. The molecule has 5 nitrogen and oxygen atoms in total. The van der Waals surface area contributed by atoms with Crippen LogP contribution in [-0.2, 0) is 21.4 Å². The van der Waals surface area contributed by atoms with Crippen LogP contribution < -0.4 is 5.32 Å². The molecule has 162 valence electrons. The lowest BCUT2D eigenvalue weighted by molar-refractivity contribution is -0.132. The number of hydrogen-bond donors (Lipinski definition) is 1. The van der Waals surface area contributed by atoms with E-state index in [1.54, 1.807) is 24.3 Å². The van der Waals surface area contributed by atoms with E-state index in [1.807, 2.05) is 19.1 Å². The molecular formula is C23H29FN2O3S. The Bertz CT molecular complexity index is 978. The summed E-state index contributed by atoms with van der Waals surface area (Å²) < 4.78 is 40.4. The minimum absolute atomic E-state index is 0.106. The molecule has 2 aromatic carbocycles. The summed E-state index contributed by atoms with van der Waals surface area (Å²) in [4.78, 5) is 13.0. The zero-order chi connectivity index (χ0) is 21.9. The van der Waals surface area contributed by atoms with E-state index < -0.39 is 15.4 Å². The number of carbonyl (C=O) groups is 1. The molecule has 1 amide bonds. The Hall–Kier alpha value is -2.25. The van der Waals surface area contributed by atoms with Crippen molar-refractivity contribution in [2.24, 2.45) is 5.41 Å². The fourth-order valence-electron chi connectivity index (χ4n) is 3.62. The van der Waals surface area contributed by atoms with Crippen molar-refractivity contribution in [3.8, 4) is 0 Å². The predicted octanol–water partition coefficient (Wildman–Crippen LogP) is 4.06. The molecule has 0 spiro atoms. The Kier molecular flexibility index (Phi) is 6.62. The maximum Gasteiger partial charge on any atom is 0.243 e. The average molecular weight is 433 g/mol. The molecule has 1 aliphatic rings. The molecule has 1 saturated heterocycles. The van der Waals surface area contributed by atoms with Gasteiger partial charge in [0, 0.05) is 25.0 Å². The fraction of sp³-hybridized carbons (Fsp3) is 0.435. The number of carbonyl (C=O) groups excluding carboxylic acids is 1. The smallest absolute Gasteiger partial charge is 0.243 e. The van der Waals surface area contributed by atoms with E-state index in [2.05, 4.69) is 19.2 Å². The zero-order valence-electron chi connectivity index (χ0n) is 17.7. The number of hydrogen-bond acceptors (Lipinski definition) is 3. The molecule has 1 fully saturated rings. The molecule has 1 N–H and O–H groups in total. The van der Waals surface area contributed by atoms with Crippen LogP contribution in [0.15, 0.2) is 53.4 Å². The number of nitrogens with one attached hydrogen (secondary N) is 1. The normalized spacial score (nSPS) is 17.1. The van der Waals surface area contributed by atoms with Crippen molar-refractivity contribution in [1.29, 1.82) is 0 Å². The van der Waals surface area contributed by atoms with E-state index in [1.165, 1.54) is 16.4 Å². The number of sulfonamides is 1. The van der Waals surface area contributed by atoms with Gasteiger partial charge in [-0.2, -0.15) is 4.31 Å². The van der Waals surface area contributed by atoms with Gasteiger partial charge in [0.25, 0.3) is 0 Å². The van der Waals surface area contributed by atoms with E-state index in [-0.39, 0.29) is 16.6 Å². The van der Waals surface area contributed by atoms with Crippen molar-refractivity contribution in [2.75, 3.05) is 13.1 Å². The average Bonchev–Trinajstić information content (AvgIpc) is 2.73. The van der Waals surface area contributed by atoms with E-state index in [4.69, 9.17) is 0 Å². The number of nitrogens with zero attached hydrogens (tertiary/aromatic N) is 1. The minimum Gasteiger partial charge on any atom is -0.352 e. The largest absolute Gasteiger partial charge is 0.352 e. The molecule has 1 heterocycles. The molecule has 0 saturated carbocycles. The van der Waals surface area contributed by atoms with Gasteiger partial charge in [-0.1, -0.05) is 45.0 Å². The molecule has 0 atom stereocenters. The van der Waals surface area contributed by atoms with Crippen LogP contribution >= 0.6 is 0 Å². The van der Waals surface area contributed by atoms with Gasteiger partial charge in [0.15, 0.2) is 0 Å². The number of amides is 1. The summed E-state index contributed by atoms with van der Waals surface area (Å²) in [6.07, 6.45) is 0.900. The third-order valence-corrected chi connectivity index (χ3v) is 7.84. The van der Waals surface area contributed by atoms with Crippen LogP contribution in [0.2, 0.25) is 0 Å². The second kappa shape index (κ2) is 8.86. The highest BCUT2D eigenvalue weighted by Crippen LogP contribution is 2.33. The predicted molar refractivity (Wildman–Crippen MR) is 115 cm³/mol. The Morgan fingerprint density at radius 3 is 2.17 bits per heavy atom. The Morgan fingerprint density at radius 1 is 1.07 bits per heavy atom. The summed E-state index contributed by atoms with van der Waals surface area (Å²) in [7, 11) is -3.57. The molecule has 0 aromatic heterocycles. The van der Waals surface area contributed by atoms with Crippen molar-refractivity contribution in [1.82, 2.24) is 9.62 Å². The molecule has 2 aromatic rings. The van der Waals surface area contributed by atoms with Gasteiger partial charge in [-0.05, 0) is 54.2 Å². The molecule has 0 aliphatic carbocycles. The van der Waals surface area contributed by atoms with E-state index in [9.17, 15) is 17.6 Å². The summed E-state index contributed by atoms with van der Waals surface area (Å²) >= 11 is 0. The van der Waals surface area contributed by atoms with Gasteiger partial charge in [-0.25, -0.2) is 12.8 Å². The van der Waals surface area contributed by atoms with Crippen LogP contribution in [0.5, 0.6) is 0 Å². The molecule has 1 aliphatic heterocycles. The van der Waals surface area contributed by atoms with Gasteiger partial charge in [0.05, 0.1) is 4.90 Å². The number of benzene rings is 2. The first kappa shape index (κ1) is 22.4. The van der Waals surface area contributed by atoms with Crippen molar-refractivity contribution in [3.05, 3.63) is 65.5 Å². The molecular weight excluding hydrogens is 403 g/mol. The van der Waals surface area contributed by atoms with Gasteiger partial charge in [-0.15, -0.1) is 0 Å². The van der Waals surface area contributed by atoms with Crippen LogP contribution in [0.25, 0.3) is 0 Å². The second-order valence-electron chi connectivity index (χ2n) is 8.50. The Labute approximate surface area is 178 Å². The van der Waals surface area contributed by atoms with Crippen molar-refractivity contribution >= 4 is 15.9 Å². The summed E-state index contributed by atoms with van der Waals surface area (Å²) in [6, 6.07) is 13.0. The van der Waals surface area contributed by atoms with E-state index >= 15 is 0 Å². The summed E-state index contributed by atoms with van der Waals surface area (Å²) in [5.74, 6) is -0.0829. The van der Waals surface area contributed by atoms with Crippen LogP contribution in [0.4, 0.5) is 4.39 Å². The van der Waals surface area contributed by atoms with E-state index in [0.29, 0.717) is 38.4 Å². The fourth-order valence-corrected chi connectivity index (χ4v) is 5.06. The first-order chi connectivity index (χ1) is 14.1. The first-order valence-corrected chi connectivity index (χ1v) is 11.7. The molecule has 30 heavy (non-hydrogen) atoms. The highest BCUT2D eigenvalue weighted by Gasteiger charge is 2.40. The van der Waals surface area contributed by atoms with E-state index in [0.717, 1.165) is 11.1 Å². The maximum absolute atomic E-state index is 13.0. The topological polar surface area (TPSA) is 66.5 Å². The highest BCUT2D eigenvalue weighted by atomic mass is 32.2. The Morgan fingerprint density at radius 2 is 1.63 bits per heavy atom. The van der Waals surface area contributed by atoms with Gasteiger partial charge in [-0.3, -0.25) is 4.79 Å². The SMILES string of the molecule is CC(C)c1ccc(S(=O)(=O)N2CCC(C)(C(=O)NCc3ccc(F)cc3)CC2)cc1. The summed E-state index contributed by atoms with van der Waals surface area (Å²) in [5, 5.41) is 2.90. The molecule has 7 heteroatoms. The van der Waals surface area contributed by atoms with Crippen LogP contribution in [0, 0.1) is 11.2 Å². The monoisotopic (exact) mass is 432 g/mol. The first-order valence-electron chi connectivity index (χ1n) is 10.2. The molecule has 3 rings (SSSR count). The third kappa shape index (κ3) is 4.90. The third-order valence-electron chi connectivity index (χ3n) is 5.93. The van der Waals surface area contributed by atoms with Crippen LogP contribution in [0.1, 0.15) is 50.7 Å². The lowest BCUT2D eigenvalue weighted by atomic mass is 9.80. The molecule has 0 unspecified atom stereocenters. The highest BCUT2D eigenvalue weighted by molar-refractivity contribution is 7.89. The standard InChI is InChI=1S/C23H29FN2O3S/c1-17(2)19-6-10-21(11-7-19)30(28,29)26-14-12-23(3,13-15-26)22(27)25-16-18-4-8-20(24)9-5-18/h4-11,17H,12-16H2,1-3H3,(H,25,27). The van der Waals surface area contributed by atoms with Crippen molar-refractivity contribution in [2.45, 2.75) is 51.0 Å². The van der Waals surface area contributed by atoms with Gasteiger partial charge < -0.3 is 5.32 Å². The van der Waals surface area contributed by atoms with Gasteiger partial charge >= 0.3 is 0 Å². The summed E-state index contributed by atoms with van der Waals surface area (Å²) in [5.41, 5.74) is 1.28. The lowest BCUT2D eigenvalue weighted by Crippen LogP contribution is -2.48. The second-order valence-corrected chi connectivity index (χ2v) is 10.4. The van der Waals surface area contributed by atoms with Crippen LogP contribution in [0.3, 0.4) is 0 Å². The number of rotatable bonds is 6. The Balaban J connectivity index is 1.60. The maximum atomic E-state index is 13.0. The number of piperidine rings is 1. The number of halogens is 1. The van der Waals surface area contributed by atoms with Crippen molar-refractivity contribution < 1.29 is 17.6 Å².